The number of carbonyl (C=O) groups is 1. The van der Waals surface area contributed by atoms with Gasteiger partial charge in [-0.3, -0.25) is 15.2 Å². The molecule has 0 aliphatic carbocycles. The van der Waals surface area contributed by atoms with Gasteiger partial charge in [0.2, 0.25) is 0 Å². The number of hydrogen-bond donors (Lipinski definition) is 3. The van der Waals surface area contributed by atoms with E-state index in [0.717, 1.165) is 17.5 Å². The van der Waals surface area contributed by atoms with Gasteiger partial charge in [0.15, 0.2) is 11.5 Å². The molecule has 2 aliphatic heterocycles. The number of anilines is 2. The summed E-state index contributed by atoms with van der Waals surface area (Å²) in [6.45, 7) is 5.01. The van der Waals surface area contributed by atoms with Crippen molar-refractivity contribution in [2.24, 2.45) is 4.99 Å². The fourth-order valence-electron chi connectivity index (χ4n) is 2.71. The summed E-state index contributed by atoms with van der Waals surface area (Å²) in [5, 5.41) is 11.3. The van der Waals surface area contributed by atoms with E-state index in [0.29, 0.717) is 30.2 Å². The van der Waals surface area contributed by atoms with Gasteiger partial charge in [0.1, 0.15) is 0 Å². The summed E-state index contributed by atoms with van der Waals surface area (Å²) in [6, 6.07) is 1.75. The second kappa shape index (κ2) is 4.47. The van der Waals surface area contributed by atoms with Crippen molar-refractivity contribution in [3.05, 3.63) is 17.2 Å². The second-order valence-electron chi connectivity index (χ2n) is 5.38. The number of benzene rings is 1. The van der Waals surface area contributed by atoms with Crippen LogP contribution in [0.1, 0.15) is 17.5 Å². The molecular formula is C14H18N6O. The molecule has 21 heavy (non-hydrogen) atoms. The number of hydrazine groups is 1. The highest BCUT2D eigenvalue weighted by Crippen LogP contribution is 2.33. The molecule has 5 N–H and O–H groups in total. The minimum absolute atomic E-state index is 0.143. The van der Waals surface area contributed by atoms with Crippen LogP contribution in [-0.4, -0.2) is 40.6 Å². The van der Waals surface area contributed by atoms with Crippen molar-refractivity contribution in [1.29, 1.82) is 5.41 Å². The number of carbonyl (C=O) groups excluding carboxylic acids is 1. The van der Waals surface area contributed by atoms with Gasteiger partial charge in [0.05, 0.1) is 11.4 Å². The highest BCUT2D eigenvalue weighted by molar-refractivity contribution is 6.68. The molecule has 1 aromatic rings. The monoisotopic (exact) mass is 286 g/mol. The first-order chi connectivity index (χ1) is 9.91. The Balaban J connectivity index is 2.07. The van der Waals surface area contributed by atoms with E-state index in [9.17, 15) is 4.79 Å². The van der Waals surface area contributed by atoms with E-state index in [2.05, 4.69) is 4.99 Å². The zero-order valence-corrected chi connectivity index (χ0v) is 12.1. The zero-order valence-electron chi connectivity index (χ0n) is 12.1. The Morgan fingerprint density at radius 2 is 1.86 bits per heavy atom. The van der Waals surface area contributed by atoms with Crippen LogP contribution < -0.4 is 11.5 Å². The summed E-state index contributed by atoms with van der Waals surface area (Å²) in [5.41, 5.74) is 15.3. The summed E-state index contributed by atoms with van der Waals surface area (Å²) >= 11 is 0. The topological polar surface area (TPSA) is 112 Å². The molecule has 3 rings (SSSR count). The summed E-state index contributed by atoms with van der Waals surface area (Å²) in [5.74, 6) is -0.0898. The molecule has 7 heteroatoms. The molecule has 0 radical (unpaired) electrons. The van der Waals surface area contributed by atoms with E-state index in [4.69, 9.17) is 16.9 Å². The van der Waals surface area contributed by atoms with E-state index in [-0.39, 0.29) is 17.5 Å². The number of amides is 1. The number of nitrogens with two attached hydrogens (primary N) is 2. The zero-order chi connectivity index (χ0) is 15.3. The Morgan fingerprint density at radius 1 is 1.19 bits per heavy atom. The lowest BCUT2D eigenvalue weighted by atomic mass is 10.1. The molecule has 2 fully saturated rings. The average Bonchev–Trinajstić information content (AvgIpc) is 3.02. The molecule has 0 unspecified atom stereocenters. The fourth-order valence-corrected chi connectivity index (χ4v) is 2.71. The number of rotatable bonds is 1. The molecule has 2 heterocycles. The number of aryl methyl sites for hydroxylation is 1. The lowest BCUT2D eigenvalue weighted by molar-refractivity contribution is -0.129. The Labute approximate surface area is 122 Å². The van der Waals surface area contributed by atoms with Gasteiger partial charge in [-0.05, 0) is 37.5 Å². The van der Waals surface area contributed by atoms with Gasteiger partial charge in [-0.2, -0.15) is 0 Å². The number of nitrogens with zero attached hydrogens (tertiary/aromatic N) is 3. The predicted molar refractivity (Wildman–Crippen MR) is 82.6 cm³/mol. The van der Waals surface area contributed by atoms with Crippen LogP contribution in [0, 0.1) is 19.3 Å². The molecule has 2 saturated heterocycles. The number of aliphatic imine (C=N–C) groups is 1. The van der Waals surface area contributed by atoms with Crippen LogP contribution in [0.15, 0.2) is 11.1 Å². The lowest BCUT2D eigenvalue weighted by Gasteiger charge is -2.17. The fraction of sp³-hybridized carbons (Fsp3) is 0.357. The Bertz CT molecular complexity index is 669. The highest BCUT2D eigenvalue weighted by atomic mass is 16.2. The third-order valence-electron chi connectivity index (χ3n) is 4.04. The maximum absolute atomic E-state index is 12.3. The maximum atomic E-state index is 12.3. The van der Waals surface area contributed by atoms with Crippen molar-refractivity contribution >= 4 is 34.5 Å². The van der Waals surface area contributed by atoms with Gasteiger partial charge in [-0.1, -0.05) is 0 Å². The maximum Gasteiger partial charge on any atom is 0.294 e. The number of fused-ring (bicyclic) bond motifs is 1. The van der Waals surface area contributed by atoms with Crippen LogP contribution in [0.4, 0.5) is 17.1 Å². The third-order valence-corrected chi connectivity index (χ3v) is 4.04. The first kappa shape index (κ1) is 13.4. The van der Waals surface area contributed by atoms with Crippen LogP contribution in [0.25, 0.3) is 0 Å². The predicted octanol–water partition coefficient (Wildman–Crippen LogP) is 0.981. The molecular weight excluding hydrogens is 268 g/mol. The van der Waals surface area contributed by atoms with Gasteiger partial charge >= 0.3 is 0 Å². The molecule has 0 aromatic heterocycles. The lowest BCUT2D eigenvalue weighted by Crippen LogP contribution is -2.33. The Morgan fingerprint density at radius 3 is 2.52 bits per heavy atom. The number of nitrogens with one attached hydrogen (secondary N) is 1. The van der Waals surface area contributed by atoms with E-state index in [1.165, 1.54) is 0 Å². The van der Waals surface area contributed by atoms with Gasteiger partial charge in [0.25, 0.3) is 5.91 Å². The smallest absolute Gasteiger partial charge is 0.294 e. The molecule has 0 spiro atoms. The minimum atomic E-state index is -0.232. The van der Waals surface area contributed by atoms with Crippen LogP contribution in [0.5, 0.6) is 0 Å². The minimum Gasteiger partial charge on any atom is -0.398 e. The van der Waals surface area contributed by atoms with Gasteiger partial charge in [-0.25, -0.2) is 10.0 Å². The Kier molecular flexibility index (Phi) is 2.86. The standard InChI is InChI=1S/C14H18N6O/c1-7-6-9(11(16)8(2)10(7)15)18-12-13(17)19-4-3-5-20(19)14(12)21/h6,17H,3-5,15-16H2,1-2H3. The number of hydrogen-bond acceptors (Lipinski definition) is 5. The largest absolute Gasteiger partial charge is 0.398 e. The first-order valence-electron chi connectivity index (χ1n) is 6.84. The van der Waals surface area contributed by atoms with Crippen molar-refractivity contribution in [2.75, 3.05) is 24.6 Å². The van der Waals surface area contributed by atoms with Crippen LogP contribution in [-0.2, 0) is 4.79 Å². The van der Waals surface area contributed by atoms with Gasteiger partial charge < -0.3 is 11.5 Å². The molecule has 1 aromatic carbocycles. The normalized spacial score (nSPS) is 19.8. The van der Waals surface area contributed by atoms with Crippen molar-refractivity contribution in [3.63, 3.8) is 0 Å². The number of nitrogen functional groups attached to an aromatic ring is 2. The molecule has 0 bridgehead atoms. The van der Waals surface area contributed by atoms with E-state index in [1.807, 2.05) is 13.8 Å². The van der Waals surface area contributed by atoms with Crippen LogP contribution in [0.2, 0.25) is 0 Å². The molecule has 0 atom stereocenters. The number of amidine groups is 1. The highest BCUT2D eigenvalue weighted by Gasteiger charge is 2.42. The summed E-state index contributed by atoms with van der Waals surface area (Å²) in [4.78, 5) is 16.6. The van der Waals surface area contributed by atoms with E-state index >= 15 is 0 Å². The molecule has 2 aliphatic rings. The quantitative estimate of drug-likeness (QED) is 0.668. The molecule has 1 amide bonds. The molecule has 0 saturated carbocycles. The SMILES string of the molecule is Cc1cc(N=C2C(=N)N3CCCN3C2=O)c(N)c(C)c1N. The average molecular weight is 286 g/mol. The molecule has 7 nitrogen and oxygen atoms in total. The molecule has 110 valence electrons. The summed E-state index contributed by atoms with van der Waals surface area (Å²) < 4.78 is 0. The van der Waals surface area contributed by atoms with Crippen molar-refractivity contribution in [3.8, 4) is 0 Å². The first-order valence-corrected chi connectivity index (χ1v) is 6.84. The van der Waals surface area contributed by atoms with Gasteiger partial charge in [-0.15, -0.1) is 0 Å². The Hall–Kier alpha value is -2.57. The van der Waals surface area contributed by atoms with Crippen molar-refractivity contribution < 1.29 is 4.79 Å². The van der Waals surface area contributed by atoms with Crippen molar-refractivity contribution in [1.82, 2.24) is 10.0 Å². The second-order valence-corrected chi connectivity index (χ2v) is 5.38. The van der Waals surface area contributed by atoms with E-state index in [1.54, 1.807) is 16.1 Å². The van der Waals surface area contributed by atoms with Gasteiger partial charge in [0, 0.05) is 18.8 Å². The van der Waals surface area contributed by atoms with E-state index < -0.39 is 0 Å². The van der Waals surface area contributed by atoms with Crippen molar-refractivity contribution in [2.45, 2.75) is 20.3 Å². The van der Waals surface area contributed by atoms with Crippen LogP contribution >= 0.6 is 0 Å². The van der Waals surface area contributed by atoms with Crippen LogP contribution in [0.3, 0.4) is 0 Å². The third kappa shape index (κ3) is 1.84. The summed E-state index contributed by atoms with van der Waals surface area (Å²) in [6.07, 6.45) is 0.879. The summed E-state index contributed by atoms with van der Waals surface area (Å²) in [7, 11) is 0.